The second-order valence-corrected chi connectivity index (χ2v) is 11.4. The SMILES string of the molecule is COC(=O)C1c2ccc(OCCN3CCOCC3)cc2CCN1S(=O)(=O)c1ccc(Oc2ccc(F)cc2)cc1. The number of hydrogen-bond donors (Lipinski definition) is 0. The van der Waals surface area contributed by atoms with Gasteiger partial charge >= 0.3 is 5.97 Å². The molecule has 0 N–H and O–H groups in total. The van der Waals surface area contributed by atoms with Crippen molar-refractivity contribution in [2.45, 2.75) is 17.4 Å². The number of carbonyl (C=O) groups is 1. The lowest BCUT2D eigenvalue weighted by molar-refractivity contribution is -0.145. The Kier molecular flexibility index (Phi) is 8.65. The van der Waals surface area contributed by atoms with Gasteiger partial charge in [0.2, 0.25) is 10.0 Å². The quantitative estimate of drug-likeness (QED) is 0.359. The zero-order chi connectivity index (χ0) is 28.1. The van der Waals surface area contributed by atoms with Gasteiger partial charge in [0.25, 0.3) is 0 Å². The van der Waals surface area contributed by atoms with Crippen LogP contribution in [0.4, 0.5) is 4.39 Å². The van der Waals surface area contributed by atoms with E-state index in [1.165, 1.54) is 59.9 Å². The highest BCUT2D eigenvalue weighted by Gasteiger charge is 2.41. The van der Waals surface area contributed by atoms with Crippen LogP contribution < -0.4 is 9.47 Å². The molecule has 2 heterocycles. The van der Waals surface area contributed by atoms with Gasteiger partial charge in [0.1, 0.15) is 35.7 Å². The van der Waals surface area contributed by atoms with Crippen molar-refractivity contribution in [3.63, 3.8) is 0 Å². The van der Waals surface area contributed by atoms with Gasteiger partial charge in [0.05, 0.1) is 25.2 Å². The summed E-state index contributed by atoms with van der Waals surface area (Å²) in [6, 6.07) is 15.6. The third kappa shape index (κ3) is 6.28. The van der Waals surface area contributed by atoms with Gasteiger partial charge in [-0.1, -0.05) is 6.07 Å². The first kappa shape index (κ1) is 28.0. The molecule has 0 saturated carbocycles. The summed E-state index contributed by atoms with van der Waals surface area (Å²) in [5.74, 6) is 0.426. The topological polar surface area (TPSA) is 94.6 Å². The molecule has 9 nitrogen and oxygen atoms in total. The average Bonchev–Trinajstić information content (AvgIpc) is 2.98. The molecule has 0 spiro atoms. The molecule has 5 rings (SSSR count). The monoisotopic (exact) mass is 570 g/mol. The average molecular weight is 571 g/mol. The van der Waals surface area contributed by atoms with Gasteiger partial charge in [0, 0.05) is 26.2 Å². The number of hydrogen-bond acceptors (Lipinski definition) is 8. The largest absolute Gasteiger partial charge is 0.492 e. The van der Waals surface area contributed by atoms with E-state index >= 15 is 0 Å². The van der Waals surface area contributed by atoms with E-state index in [2.05, 4.69) is 4.90 Å². The van der Waals surface area contributed by atoms with Crippen molar-refractivity contribution in [3.05, 3.63) is 83.7 Å². The Labute approximate surface area is 233 Å². The van der Waals surface area contributed by atoms with Crippen molar-refractivity contribution in [1.82, 2.24) is 9.21 Å². The van der Waals surface area contributed by atoms with Gasteiger partial charge in [-0.05, 0) is 78.2 Å². The first-order valence-electron chi connectivity index (χ1n) is 13.0. The van der Waals surface area contributed by atoms with Crippen molar-refractivity contribution in [3.8, 4) is 17.2 Å². The van der Waals surface area contributed by atoms with Gasteiger partial charge in [-0.2, -0.15) is 4.31 Å². The molecule has 1 unspecified atom stereocenters. The smallest absolute Gasteiger partial charge is 0.328 e. The normalized spacial score (nSPS) is 18.1. The van der Waals surface area contributed by atoms with Crippen LogP contribution in [0.3, 0.4) is 0 Å². The van der Waals surface area contributed by atoms with Crippen LogP contribution in [0.5, 0.6) is 17.2 Å². The van der Waals surface area contributed by atoms with Crippen molar-refractivity contribution in [2.75, 3.05) is 53.1 Å². The van der Waals surface area contributed by atoms with Gasteiger partial charge < -0.3 is 18.9 Å². The molecule has 212 valence electrons. The molecule has 1 saturated heterocycles. The summed E-state index contributed by atoms with van der Waals surface area (Å²) in [4.78, 5) is 15.2. The molecular formula is C29H31FN2O7S. The Morgan fingerprint density at radius 2 is 1.60 bits per heavy atom. The number of halogens is 1. The molecule has 40 heavy (non-hydrogen) atoms. The second-order valence-electron chi connectivity index (χ2n) is 9.48. The Morgan fingerprint density at radius 3 is 2.27 bits per heavy atom. The summed E-state index contributed by atoms with van der Waals surface area (Å²) in [5, 5.41) is 0. The molecule has 3 aromatic rings. The fourth-order valence-electron chi connectivity index (χ4n) is 4.86. The first-order chi connectivity index (χ1) is 19.3. The van der Waals surface area contributed by atoms with Crippen LogP contribution in [0.15, 0.2) is 71.6 Å². The van der Waals surface area contributed by atoms with Crippen LogP contribution in [-0.4, -0.2) is 76.7 Å². The summed E-state index contributed by atoms with van der Waals surface area (Å²) >= 11 is 0. The summed E-state index contributed by atoms with van der Waals surface area (Å²) in [5.41, 5.74) is 1.41. The van der Waals surface area contributed by atoms with Gasteiger partial charge in [-0.15, -0.1) is 0 Å². The minimum Gasteiger partial charge on any atom is -0.492 e. The number of nitrogens with zero attached hydrogens (tertiary/aromatic N) is 2. The highest BCUT2D eigenvalue weighted by atomic mass is 32.2. The number of fused-ring (bicyclic) bond motifs is 1. The number of carbonyl (C=O) groups excluding carboxylic acids is 1. The maximum atomic E-state index is 13.7. The van der Waals surface area contributed by atoms with Crippen LogP contribution in [-0.2, 0) is 30.7 Å². The van der Waals surface area contributed by atoms with Crippen LogP contribution in [0.1, 0.15) is 17.2 Å². The fraction of sp³-hybridized carbons (Fsp3) is 0.345. The van der Waals surface area contributed by atoms with E-state index in [9.17, 15) is 17.6 Å². The molecule has 3 aromatic carbocycles. The number of ether oxygens (including phenoxy) is 4. The predicted octanol–water partition coefficient (Wildman–Crippen LogP) is 3.79. The van der Waals surface area contributed by atoms with Crippen molar-refractivity contribution in [1.29, 1.82) is 0 Å². The Hall–Kier alpha value is -3.51. The number of sulfonamides is 1. The number of rotatable bonds is 9. The molecule has 1 atom stereocenters. The van der Waals surface area contributed by atoms with Crippen molar-refractivity contribution < 1.29 is 36.6 Å². The lowest BCUT2D eigenvalue weighted by Gasteiger charge is -2.34. The molecule has 2 aliphatic rings. The summed E-state index contributed by atoms with van der Waals surface area (Å²) < 4.78 is 63.7. The minimum absolute atomic E-state index is 0.0133. The lowest BCUT2D eigenvalue weighted by atomic mass is 9.94. The maximum Gasteiger partial charge on any atom is 0.328 e. The Bertz CT molecular complexity index is 1430. The predicted molar refractivity (Wildman–Crippen MR) is 144 cm³/mol. The Balaban J connectivity index is 1.31. The standard InChI is InChI=1S/C29H31FN2O7S/c1-36-29(33)28-27-11-8-25(38-19-16-31-14-17-37-18-15-31)20-21(27)12-13-32(28)40(34,35)26-9-6-24(7-10-26)39-23-4-2-22(30)3-5-23/h2-11,20,28H,12-19H2,1H3. The zero-order valence-electron chi connectivity index (χ0n) is 22.1. The third-order valence-electron chi connectivity index (χ3n) is 6.98. The molecule has 0 amide bonds. The summed E-state index contributed by atoms with van der Waals surface area (Å²) in [6.07, 6.45) is 0.411. The van der Waals surface area contributed by atoms with E-state index in [1.807, 2.05) is 6.07 Å². The molecule has 0 bridgehead atoms. The zero-order valence-corrected chi connectivity index (χ0v) is 22.9. The highest BCUT2D eigenvalue weighted by Crippen LogP contribution is 2.37. The maximum absolute atomic E-state index is 13.7. The van der Waals surface area contributed by atoms with Crippen LogP contribution in [0, 0.1) is 5.82 Å². The molecule has 2 aliphatic heterocycles. The molecule has 11 heteroatoms. The van der Waals surface area contributed by atoms with Gasteiger partial charge in [-0.25, -0.2) is 17.6 Å². The Morgan fingerprint density at radius 1 is 0.950 bits per heavy atom. The van der Waals surface area contributed by atoms with Crippen molar-refractivity contribution in [2.24, 2.45) is 0 Å². The summed E-state index contributed by atoms with van der Waals surface area (Å²) in [7, 11) is -2.82. The van der Waals surface area contributed by atoms with Crippen molar-refractivity contribution >= 4 is 16.0 Å². The van der Waals surface area contributed by atoms with E-state index in [0.29, 0.717) is 35.8 Å². The van der Waals surface area contributed by atoms with E-state index in [0.717, 1.165) is 38.4 Å². The number of methoxy groups -OCH3 is 1. The molecule has 0 radical (unpaired) electrons. The lowest BCUT2D eigenvalue weighted by Crippen LogP contribution is -2.43. The van der Waals surface area contributed by atoms with E-state index in [-0.39, 0.29) is 17.3 Å². The fourth-order valence-corrected chi connectivity index (χ4v) is 6.42. The van der Waals surface area contributed by atoms with E-state index in [1.54, 1.807) is 12.1 Å². The summed E-state index contributed by atoms with van der Waals surface area (Å²) in [6.45, 7) is 4.60. The number of benzene rings is 3. The first-order valence-corrected chi connectivity index (χ1v) is 14.5. The molecular weight excluding hydrogens is 539 g/mol. The molecule has 1 fully saturated rings. The van der Waals surface area contributed by atoms with Crippen LogP contribution in [0.2, 0.25) is 0 Å². The highest BCUT2D eigenvalue weighted by molar-refractivity contribution is 7.89. The van der Waals surface area contributed by atoms with Gasteiger partial charge in [0.15, 0.2) is 0 Å². The third-order valence-corrected chi connectivity index (χ3v) is 8.86. The minimum atomic E-state index is -4.06. The van der Waals surface area contributed by atoms with Gasteiger partial charge in [-0.3, -0.25) is 4.90 Å². The van der Waals surface area contributed by atoms with E-state index < -0.39 is 22.0 Å². The molecule has 0 aliphatic carbocycles. The number of esters is 1. The molecule has 0 aromatic heterocycles. The van der Waals surface area contributed by atoms with Crippen LogP contribution >= 0.6 is 0 Å². The number of morpholine rings is 1. The van der Waals surface area contributed by atoms with E-state index in [4.69, 9.17) is 18.9 Å². The van der Waals surface area contributed by atoms with Crippen LogP contribution in [0.25, 0.3) is 0 Å². The second kappa shape index (κ2) is 12.3.